The van der Waals surface area contributed by atoms with Crippen molar-refractivity contribution in [1.82, 2.24) is 15.1 Å². The number of aromatic nitrogens is 2. The first kappa shape index (κ1) is 14.1. The van der Waals surface area contributed by atoms with E-state index in [0.29, 0.717) is 5.92 Å². The highest BCUT2D eigenvalue weighted by molar-refractivity contribution is 6.03. The van der Waals surface area contributed by atoms with Crippen LogP contribution in [-0.2, 0) is 7.05 Å². The minimum absolute atomic E-state index is 0.0624. The number of carboxylic acid groups (broad SMARTS) is 1. The summed E-state index contributed by atoms with van der Waals surface area (Å²) in [6.45, 7) is 2.03. The Morgan fingerprint density at radius 1 is 1.43 bits per heavy atom. The van der Waals surface area contributed by atoms with Crippen molar-refractivity contribution in [1.29, 1.82) is 0 Å². The fraction of sp³-hybridized carbons (Fsp3) is 0.667. The van der Waals surface area contributed by atoms with E-state index in [4.69, 9.17) is 0 Å². The van der Waals surface area contributed by atoms with E-state index in [1.165, 1.54) is 43.6 Å². The number of carboxylic acids is 1. The fourth-order valence-electron chi connectivity index (χ4n) is 4.16. The SMILES string of the molecule is CC(NC(=O)c1cnn(C)c1C(=O)O)C1CC2CCC1C2. The number of fused-ring (bicyclic) bond motifs is 2. The summed E-state index contributed by atoms with van der Waals surface area (Å²) in [6.07, 6.45) is 6.39. The zero-order chi connectivity index (χ0) is 15.1. The van der Waals surface area contributed by atoms with E-state index >= 15 is 0 Å². The number of carbonyl (C=O) groups excluding carboxylic acids is 1. The lowest BCUT2D eigenvalue weighted by Crippen LogP contribution is -2.40. The first-order chi connectivity index (χ1) is 9.97. The van der Waals surface area contributed by atoms with Crippen LogP contribution < -0.4 is 5.32 Å². The Kier molecular flexibility index (Phi) is 3.47. The third-order valence-electron chi connectivity index (χ3n) is 5.18. The number of aryl methyl sites for hydroxylation is 1. The Labute approximate surface area is 123 Å². The average molecular weight is 291 g/mol. The maximum absolute atomic E-state index is 12.3. The van der Waals surface area contributed by atoms with Gasteiger partial charge in [-0.3, -0.25) is 9.48 Å². The fourth-order valence-corrected chi connectivity index (χ4v) is 4.16. The van der Waals surface area contributed by atoms with Crippen molar-refractivity contribution in [3.05, 3.63) is 17.5 Å². The van der Waals surface area contributed by atoms with Gasteiger partial charge in [-0.15, -0.1) is 0 Å². The summed E-state index contributed by atoms with van der Waals surface area (Å²) in [6, 6.07) is 0.0784. The molecule has 3 rings (SSSR count). The maximum Gasteiger partial charge on any atom is 0.354 e. The highest BCUT2D eigenvalue weighted by atomic mass is 16.4. The lowest BCUT2D eigenvalue weighted by molar-refractivity contribution is 0.0678. The topological polar surface area (TPSA) is 84.2 Å². The second kappa shape index (κ2) is 5.16. The van der Waals surface area contributed by atoms with E-state index in [-0.39, 0.29) is 23.2 Å². The van der Waals surface area contributed by atoms with Crippen molar-refractivity contribution < 1.29 is 14.7 Å². The highest BCUT2D eigenvalue weighted by Crippen LogP contribution is 2.49. The van der Waals surface area contributed by atoms with Crippen molar-refractivity contribution in [2.75, 3.05) is 0 Å². The van der Waals surface area contributed by atoms with Crippen molar-refractivity contribution in [3.63, 3.8) is 0 Å². The molecule has 2 aliphatic rings. The molecule has 2 N–H and O–H groups in total. The monoisotopic (exact) mass is 291 g/mol. The molecule has 6 nitrogen and oxygen atoms in total. The molecule has 0 aromatic carbocycles. The Balaban J connectivity index is 1.70. The van der Waals surface area contributed by atoms with Gasteiger partial charge < -0.3 is 10.4 Å². The third-order valence-corrected chi connectivity index (χ3v) is 5.18. The number of carbonyl (C=O) groups is 2. The zero-order valence-electron chi connectivity index (χ0n) is 12.4. The molecule has 6 heteroatoms. The number of hydrogen-bond acceptors (Lipinski definition) is 3. The average Bonchev–Trinajstić information content (AvgIpc) is 3.12. The van der Waals surface area contributed by atoms with Gasteiger partial charge in [-0.2, -0.15) is 5.10 Å². The molecule has 114 valence electrons. The van der Waals surface area contributed by atoms with Gasteiger partial charge in [0.15, 0.2) is 5.69 Å². The summed E-state index contributed by atoms with van der Waals surface area (Å²) in [5.74, 6) is 0.603. The van der Waals surface area contributed by atoms with E-state index in [1.807, 2.05) is 6.92 Å². The van der Waals surface area contributed by atoms with E-state index in [2.05, 4.69) is 10.4 Å². The first-order valence-electron chi connectivity index (χ1n) is 7.53. The summed E-state index contributed by atoms with van der Waals surface area (Å²) in [5, 5.41) is 16.0. The van der Waals surface area contributed by atoms with Gasteiger partial charge in [0.2, 0.25) is 0 Å². The molecule has 2 saturated carbocycles. The minimum atomic E-state index is -1.13. The lowest BCUT2D eigenvalue weighted by atomic mass is 9.84. The molecule has 4 atom stereocenters. The molecule has 0 saturated heterocycles. The molecule has 2 aliphatic carbocycles. The smallest absolute Gasteiger partial charge is 0.354 e. The molecular formula is C15H21N3O3. The van der Waals surface area contributed by atoms with Gasteiger partial charge in [-0.1, -0.05) is 6.42 Å². The van der Waals surface area contributed by atoms with Gasteiger partial charge in [-0.25, -0.2) is 4.79 Å². The lowest BCUT2D eigenvalue weighted by Gasteiger charge is -2.28. The van der Waals surface area contributed by atoms with Crippen LogP contribution >= 0.6 is 0 Å². The molecule has 2 bridgehead atoms. The molecular weight excluding hydrogens is 270 g/mol. The van der Waals surface area contributed by atoms with Crippen LogP contribution in [0.5, 0.6) is 0 Å². The zero-order valence-corrected chi connectivity index (χ0v) is 12.4. The second-order valence-electron chi connectivity index (χ2n) is 6.44. The Hall–Kier alpha value is -1.85. The molecule has 21 heavy (non-hydrogen) atoms. The number of rotatable bonds is 4. The van der Waals surface area contributed by atoms with E-state index in [9.17, 15) is 14.7 Å². The van der Waals surface area contributed by atoms with Crippen LogP contribution in [0.25, 0.3) is 0 Å². The van der Waals surface area contributed by atoms with Gasteiger partial charge in [0.1, 0.15) is 0 Å². The van der Waals surface area contributed by atoms with Crippen LogP contribution in [0, 0.1) is 17.8 Å². The summed E-state index contributed by atoms with van der Waals surface area (Å²) < 4.78 is 1.22. The van der Waals surface area contributed by atoms with E-state index < -0.39 is 5.97 Å². The van der Waals surface area contributed by atoms with Crippen LogP contribution in [-0.4, -0.2) is 32.8 Å². The van der Waals surface area contributed by atoms with Crippen LogP contribution in [0.4, 0.5) is 0 Å². The van der Waals surface area contributed by atoms with E-state index in [1.54, 1.807) is 0 Å². The Bertz CT molecular complexity index is 581. The normalized spacial score (nSPS) is 28.6. The number of nitrogens with one attached hydrogen (secondary N) is 1. The van der Waals surface area contributed by atoms with Crippen molar-refractivity contribution >= 4 is 11.9 Å². The molecule has 0 aliphatic heterocycles. The predicted octanol–water partition coefficient (Wildman–Crippen LogP) is 1.67. The molecule has 2 fully saturated rings. The first-order valence-corrected chi connectivity index (χ1v) is 7.53. The summed E-state index contributed by atoms with van der Waals surface area (Å²) in [7, 11) is 1.53. The molecule has 1 aromatic rings. The minimum Gasteiger partial charge on any atom is -0.477 e. The Morgan fingerprint density at radius 3 is 2.76 bits per heavy atom. The van der Waals surface area contributed by atoms with E-state index in [0.717, 1.165) is 11.8 Å². The third kappa shape index (κ3) is 2.43. The van der Waals surface area contributed by atoms with Crippen LogP contribution in [0.1, 0.15) is 53.5 Å². The molecule has 1 aromatic heterocycles. The van der Waals surface area contributed by atoms with Crippen molar-refractivity contribution in [3.8, 4) is 0 Å². The largest absolute Gasteiger partial charge is 0.477 e. The maximum atomic E-state index is 12.3. The number of aromatic carboxylic acids is 1. The van der Waals surface area contributed by atoms with Gasteiger partial charge in [0, 0.05) is 13.1 Å². The van der Waals surface area contributed by atoms with Crippen LogP contribution in [0.2, 0.25) is 0 Å². The summed E-state index contributed by atoms with van der Waals surface area (Å²) >= 11 is 0. The highest BCUT2D eigenvalue weighted by Gasteiger charge is 2.42. The summed E-state index contributed by atoms with van der Waals surface area (Å²) in [4.78, 5) is 23.5. The molecule has 4 unspecified atom stereocenters. The van der Waals surface area contributed by atoms with Crippen molar-refractivity contribution in [2.45, 2.75) is 38.6 Å². The summed E-state index contributed by atoms with van der Waals surface area (Å²) in [5.41, 5.74) is 0.0765. The number of nitrogens with zero attached hydrogens (tertiary/aromatic N) is 2. The Morgan fingerprint density at radius 2 is 2.19 bits per heavy atom. The van der Waals surface area contributed by atoms with Gasteiger partial charge in [-0.05, 0) is 43.9 Å². The van der Waals surface area contributed by atoms with Gasteiger partial charge >= 0.3 is 5.97 Å². The predicted molar refractivity (Wildman–Crippen MR) is 76.0 cm³/mol. The van der Waals surface area contributed by atoms with Gasteiger partial charge in [0.05, 0.1) is 11.8 Å². The standard InChI is InChI=1S/C15H21N3O3/c1-8(11-6-9-3-4-10(11)5-9)17-14(19)12-7-16-18(2)13(12)15(20)21/h7-11H,3-6H2,1-2H3,(H,17,19)(H,20,21). The second-order valence-corrected chi connectivity index (χ2v) is 6.44. The molecule has 1 heterocycles. The van der Waals surface area contributed by atoms with Gasteiger partial charge in [0.25, 0.3) is 5.91 Å². The molecule has 0 radical (unpaired) electrons. The molecule has 1 amide bonds. The quantitative estimate of drug-likeness (QED) is 0.884. The number of amides is 1. The van der Waals surface area contributed by atoms with Crippen LogP contribution in [0.15, 0.2) is 6.20 Å². The number of hydrogen-bond donors (Lipinski definition) is 2. The molecule has 0 spiro atoms. The van der Waals surface area contributed by atoms with Crippen LogP contribution in [0.3, 0.4) is 0 Å². The van der Waals surface area contributed by atoms with Crippen molar-refractivity contribution in [2.24, 2.45) is 24.8 Å².